The van der Waals surface area contributed by atoms with Crippen molar-refractivity contribution in [1.29, 1.82) is 0 Å². The van der Waals surface area contributed by atoms with E-state index in [9.17, 15) is 9.59 Å². The lowest BCUT2D eigenvalue weighted by atomic mass is 9.87. The van der Waals surface area contributed by atoms with E-state index in [0.29, 0.717) is 39.1 Å². The molecule has 0 aromatic heterocycles. The van der Waals surface area contributed by atoms with E-state index >= 15 is 0 Å². The summed E-state index contributed by atoms with van der Waals surface area (Å²) in [5, 5.41) is 0. The molecule has 2 aliphatic rings. The monoisotopic (exact) mass is 211 g/mol. The third-order valence-corrected chi connectivity index (χ3v) is 3.15. The Morgan fingerprint density at radius 3 is 2.73 bits per heavy atom. The highest BCUT2D eigenvalue weighted by atomic mass is 16.5. The van der Waals surface area contributed by atoms with Crippen molar-refractivity contribution in [3.05, 3.63) is 0 Å². The summed E-state index contributed by atoms with van der Waals surface area (Å²) < 4.78 is 5.20. The number of ketones is 1. The summed E-state index contributed by atoms with van der Waals surface area (Å²) in [6, 6.07) is 0. The van der Waals surface area contributed by atoms with Gasteiger partial charge in [-0.25, -0.2) is 0 Å². The molecule has 0 spiro atoms. The molecule has 2 rings (SSSR count). The van der Waals surface area contributed by atoms with Gasteiger partial charge >= 0.3 is 0 Å². The van der Waals surface area contributed by atoms with Gasteiger partial charge in [0, 0.05) is 31.8 Å². The lowest BCUT2D eigenvalue weighted by molar-refractivity contribution is -0.143. The van der Waals surface area contributed by atoms with Gasteiger partial charge in [0.1, 0.15) is 5.78 Å². The number of hydrogen-bond donors (Lipinski definition) is 0. The molecule has 1 unspecified atom stereocenters. The maximum Gasteiger partial charge on any atom is 0.226 e. The van der Waals surface area contributed by atoms with Crippen LogP contribution < -0.4 is 0 Å². The number of hydrogen-bond acceptors (Lipinski definition) is 3. The predicted molar refractivity (Wildman–Crippen MR) is 54.4 cm³/mol. The number of morpholine rings is 1. The average molecular weight is 211 g/mol. The fourth-order valence-corrected chi connectivity index (χ4v) is 2.28. The Hall–Kier alpha value is -0.900. The van der Waals surface area contributed by atoms with Crippen LogP contribution in [-0.4, -0.2) is 42.9 Å². The van der Waals surface area contributed by atoms with Crippen molar-refractivity contribution in [3.8, 4) is 0 Å². The van der Waals surface area contributed by atoms with Crippen molar-refractivity contribution in [3.63, 3.8) is 0 Å². The van der Waals surface area contributed by atoms with Crippen molar-refractivity contribution in [2.75, 3.05) is 26.3 Å². The van der Waals surface area contributed by atoms with E-state index in [1.807, 2.05) is 4.90 Å². The number of carbonyl (C=O) groups is 2. The Bertz CT molecular complexity index is 259. The summed E-state index contributed by atoms with van der Waals surface area (Å²) in [6.07, 6.45) is 2.87. The smallest absolute Gasteiger partial charge is 0.226 e. The van der Waals surface area contributed by atoms with E-state index < -0.39 is 0 Å². The summed E-state index contributed by atoms with van der Waals surface area (Å²) in [4.78, 5) is 25.1. The molecule has 0 radical (unpaired) electrons. The molecule has 1 heterocycles. The highest BCUT2D eigenvalue weighted by Crippen LogP contribution is 2.23. The van der Waals surface area contributed by atoms with E-state index in [1.165, 1.54) is 0 Å². The zero-order valence-corrected chi connectivity index (χ0v) is 8.91. The van der Waals surface area contributed by atoms with E-state index in [2.05, 4.69) is 0 Å². The van der Waals surface area contributed by atoms with Crippen LogP contribution in [0.3, 0.4) is 0 Å². The minimum atomic E-state index is -0.0515. The molecule has 1 aliphatic carbocycles. The summed E-state index contributed by atoms with van der Waals surface area (Å²) in [5.41, 5.74) is 0. The molecule has 15 heavy (non-hydrogen) atoms. The van der Waals surface area contributed by atoms with Crippen molar-refractivity contribution in [2.24, 2.45) is 5.92 Å². The number of amides is 1. The Morgan fingerprint density at radius 1 is 1.33 bits per heavy atom. The Balaban J connectivity index is 1.90. The maximum atomic E-state index is 12.0. The Morgan fingerprint density at radius 2 is 2.07 bits per heavy atom. The van der Waals surface area contributed by atoms with Gasteiger partial charge in [-0.05, 0) is 12.8 Å². The van der Waals surface area contributed by atoms with Crippen LogP contribution in [0.25, 0.3) is 0 Å². The van der Waals surface area contributed by atoms with Crippen LogP contribution in [0.4, 0.5) is 0 Å². The van der Waals surface area contributed by atoms with Gasteiger partial charge in [0.05, 0.1) is 13.2 Å². The number of nitrogens with zero attached hydrogens (tertiary/aromatic N) is 1. The molecule has 4 heteroatoms. The number of ether oxygens (including phenoxy) is 1. The molecular formula is C11H17NO3. The van der Waals surface area contributed by atoms with Crippen LogP contribution in [0, 0.1) is 5.92 Å². The number of carbonyl (C=O) groups excluding carboxylic acids is 2. The molecule has 1 atom stereocenters. The second kappa shape index (κ2) is 4.75. The minimum absolute atomic E-state index is 0.0515. The number of rotatable bonds is 1. The fourth-order valence-electron chi connectivity index (χ4n) is 2.28. The van der Waals surface area contributed by atoms with Crippen LogP contribution in [-0.2, 0) is 14.3 Å². The van der Waals surface area contributed by atoms with Gasteiger partial charge in [-0.1, -0.05) is 0 Å². The third kappa shape index (κ3) is 2.56. The molecule has 1 saturated heterocycles. The lowest BCUT2D eigenvalue weighted by Crippen LogP contribution is -2.44. The first-order valence-corrected chi connectivity index (χ1v) is 5.65. The highest BCUT2D eigenvalue weighted by molar-refractivity contribution is 5.88. The molecule has 84 valence electrons. The van der Waals surface area contributed by atoms with Gasteiger partial charge < -0.3 is 9.64 Å². The second-order valence-corrected chi connectivity index (χ2v) is 4.27. The van der Waals surface area contributed by atoms with Crippen LogP contribution >= 0.6 is 0 Å². The first-order valence-electron chi connectivity index (χ1n) is 5.65. The molecule has 4 nitrogen and oxygen atoms in total. The first-order chi connectivity index (χ1) is 7.27. The van der Waals surface area contributed by atoms with Gasteiger partial charge in [0.25, 0.3) is 0 Å². The molecule has 1 saturated carbocycles. The van der Waals surface area contributed by atoms with Gasteiger partial charge in [0.15, 0.2) is 0 Å². The summed E-state index contributed by atoms with van der Waals surface area (Å²) in [7, 11) is 0. The molecule has 0 bridgehead atoms. The van der Waals surface area contributed by atoms with Crippen LogP contribution in [0.1, 0.15) is 25.7 Å². The fraction of sp³-hybridized carbons (Fsp3) is 0.818. The SMILES string of the molecule is O=C1CCCC(C(=O)N2CCOCC2)C1. The summed E-state index contributed by atoms with van der Waals surface area (Å²) >= 11 is 0. The molecule has 0 aromatic rings. The van der Waals surface area contributed by atoms with Gasteiger partial charge in [-0.15, -0.1) is 0 Å². The van der Waals surface area contributed by atoms with Gasteiger partial charge in [-0.3, -0.25) is 9.59 Å². The Labute approximate surface area is 89.6 Å². The van der Waals surface area contributed by atoms with Crippen molar-refractivity contribution < 1.29 is 14.3 Å². The molecule has 0 N–H and O–H groups in total. The van der Waals surface area contributed by atoms with Crippen LogP contribution in [0.2, 0.25) is 0 Å². The van der Waals surface area contributed by atoms with E-state index in [1.54, 1.807) is 0 Å². The summed E-state index contributed by atoms with van der Waals surface area (Å²) in [5.74, 6) is 0.351. The average Bonchev–Trinajstić information content (AvgIpc) is 2.29. The van der Waals surface area contributed by atoms with Crippen molar-refractivity contribution in [2.45, 2.75) is 25.7 Å². The van der Waals surface area contributed by atoms with Gasteiger partial charge in [-0.2, -0.15) is 0 Å². The van der Waals surface area contributed by atoms with Crippen LogP contribution in [0.5, 0.6) is 0 Å². The molecule has 1 amide bonds. The minimum Gasteiger partial charge on any atom is -0.378 e. The Kier molecular flexibility index (Phi) is 3.36. The second-order valence-electron chi connectivity index (χ2n) is 4.27. The normalized spacial score (nSPS) is 27.9. The standard InChI is InChI=1S/C11H17NO3/c13-10-3-1-2-9(8-10)11(14)12-4-6-15-7-5-12/h9H,1-8H2. The van der Waals surface area contributed by atoms with Crippen LogP contribution in [0.15, 0.2) is 0 Å². The molecular weight excluding hydrogens is 194 g/mol. The lowest BCUT2D eigenvalue weighted by Gasteiger charge is -2.31. The number of Topliss-reactive ketones (excluding diaryl/α,β-unsaturated/α-hetero) is 1. The van der Waals surface area contributed by atoms with E-state index in [4.69, 9.17) is 4.74 Å². The highest BCUT2D eigenvalue weighted by Gasteiger charge is 2.29. The van der Waals surface area contributed by atoms with E-state index in [-0.39, 0.29) is 17.6 Å². The topological polar surface area (TPSA) is 46.6 Å². The zero-order valence-electron chi connectivity index (χ0n) is 8.91. The molecule has 0 aromatic carbocycles. The van der Waals surface area contributed by atoms with Gasteiger partial charge in [0.2, 0.25) is 5.91 Å². The first kappa shape index (κ1) is 10.6. The quantitative estimate of drug-likeness (QED) is 0.638. The molecule has 1 aliphatic heterocycles. The largest absolute Gasteiger partial charge is 0.378 e. The van der Waals surface area contributed by atoms with E-state index in [0.717, 1.165) is 12.8 Å². The molecule has 2 fully saturated rings. The van der Waals surface area contributed by atoms with Crippen molar-refractivity contribution in [1.82, 2.24) is 4.90 Å². The zero-order chi connectivity index (χ0) is 10.7. The third-order valence-electron chi connectivity index (χ3n) is 3.15. The predicted octanol–water partition coefficient (Wildman–Crippen LogP) is 0.605. The van der Waals surface area contributed by atoms with Crippen molar-refractivity contribution >= 4 is 11.7 Å². The summed E-state index contributed by atoms with van der Waals surface area (Å²) in [6.45, 7) is 2.63. The maximum absolute atomic E-state index is 12.0.